The standard InChI is InChI=1S/C16H14ClN5O/c17-13-7-5-12(6-8-13)11-18-20-16(23)9-10-22-15-4-2-1-3-14(15)19-21-22/h1-8,11H,9-10H2,(H,20,23)/b18-11-. The first-order valence-corrected chi connectivity index (χ1v) is 7.46. The maximum absolute atomic E-state index is 11.8. The second kappa shape index (κ2) is 7.02. The number of amides is 1. The second-order valence-corrected chi connectivity index (χ2v) is 5.33. The molecule has 0 radical (unpaired) electrons. The normalized spacial score (nSPS) is 11.2. The zero-order chi connectivity index (χ0) is 16.1. The van der Waals surface area contributed by atoms with E-state index in [9.17, 15) is 4.79 Å². The van der Waals surface area contributed by atoms with Gasteiger partial charge in [-0.25, -0.2) is 10.1 Å². The summed E-state index contributed by atoms with van der Waals surface area (Å²) in [6, 6.07) is 14.8. The Morgan fingerprint density at radius 2 is 2.00 bits per heavy atom. The number of nitrogens with one attached hydrogen (secondary N) is 1. The number of benzene rings is 2. The minimum atomic E-state index is -0.185. The molecule has 1 heterocycles. The molecule has 0 aliphatic carbocycles. The smallest absolute Gasteiger partial charge is 0.241 e. The molecule has 6 nitrogen and oxygen atoms in total. The molecule has 0 atom stereocenters. The van der Waals surface area contributed by atoms with Crippen LogP contribution in [-0.4, -0.2) is 27.1 Å². The molecule has 0 aliphatic rings. The van der Waals surface area contributed by atoms with E-state index >= 15 is 0 Å². The van der Waals surface area contributed by atoms with Crippen molar-refractivity contribution in [2.24, 2.45) is 5.10 Å². The Kier molecular flexibility index (Phi) is 4.63. The van der Waals surface area contributed by atoms with Crippen molar-refractivity contribution in [2.45, 2.75) is 13.0 Å². The number of nitrogens with zero attached hydrogens (tertiary/aromatic N) is 4. The number of rotatable bonds is 5. The summed E-state index contributed by atoms with van der Waals surface area (Å²) in [5, 5.41) is 12.7. The molecule has 0 aliphatic heterocycles. The Hall–Kier alpha value is -2.73. The van der Waals surface area contributed by atoms with Gasteiger partial charge in [0.15, 0.2) is 0 Å². The van der Waals surface area contributed by atoms with Gasteiger partial charge in [-0.15, -0.1) is 5.10 Å². The number of hydrazone groups is 1. The van der Waals surface area contributed by atoms with Crippen LogP contribution < -0.4 is 5.43 Å². The average Bonchev–Trinajstić information content (AvgIpc) is 2.98. The third-order valence-electron chi connectivity index (χ3n) is 3.24. The van der Waals surface area contributed by atoms with E-state index in [4.69, 9.17) is 11.6 Å². The summed E-state index contributed by atoms with van der Waals surface area (Å²) in [4.78, 5) is 11.8. The number of aromatic nitrogens is 3. The molecule has 3 aromatic rings. The summed E-state index contributed by atoms with van der Waals surface area (Å²) in [6.07, 6.45) is 1.84. The molecule has 1 N–H and O–H groups in total. The van der Waals surface area contributed by atoms with Crippen LogP contribution in [0.25, 0.3) is 11.0 Å². The monoisotopic (exact) mass is 327 g/mol. The molecule has 0 saturated carbocycles. The Labute approximate surface area is 137 Å². The molecule has 116 valence electrons. The van der Waals surface area contributed by atoms with Gasteiger partial charge < -0.3 is 0 Å². The number of aryl methyl sites for hydroxylation is 1. The second-order valence-electron chi connectivity index (χ2n) is 4.90. The molecule has 0 fully saturated rings. The van der Waals surface area contributed by atoms with Crippen LogP contribution in [0.15, 0.2) is 53.6 Å². The first-order chi connectivity index (χ1) is 11.2. The van der Waals surface area contributed by atoms with Gasteiger partial charge in [-0.2, -0.15) is 5.10 Å². The zero-order valence-corrected chi connectivity index (χ0v) is 12.9. The number of hydrogen-bond acceptors (Lipinski definition) is 4. The minimum Gasteiger partial charge on any atom is -0.273 e. The molecular weight excluding hydrogens is 314 g/mol. The van der Waals surface area contributed by atoms with Crippen molar-refractivity contribution in [3.8, 4) is 0 Å². The molecule has 1 amide bonds. The van der Waals surface area contributed by atoms with Crippen molar-refractivity contribution < 1.29 is 4.79 Å². The molecule has 3 rings (SSSR count). The summed E-state index contributed by atoms with van der Waals surface area (Å²) in [6.45, 7) is 0.447. The quantitative estimate of drug-likeness (QED) is 0.578. The van der Waals surface area contributed by atoms with Crippen LogP contribution in [0.4, 0.5) is 0 Å². The van der Waals surface area contributed by atoms with Crippen LogP contribution in [0.3, 0.4) is 0 Å². The van der Waals surface area contributed by atoms with E-state index in [0.717, 1.165) is 16.6 Å². The van der Waals surface area contributed by atoms with E-state index in [2.05, 4.69) is 20.8 Å². The lowest BCUT2D eigenvalue weighted by Crippen LogP contribution is -2.19. The van der Waals surface area contributed by atoms with Crippen molar-refractivity contribution in [1.82, 2.24) is 20.4 Å². The van der Waals surface area contributed by atoms with Crippen molar-refractivity contribution in [3.05, 3.63) is 59.1 Å². The lowest BCUT2D eigenvalue weighted by atomic mass is 10.2. The van der Waals surface area contributed by atoms with Gasteiger partial charge in [0, 0.05) is 11.4 Å². The summed E-state index contributed by atoms with van der Waals surface area (Å²) in [7, 11) is 0. The molecular formula is C16H14ClN5O. The maximum Gasteiger partial charge on any atom is 0.241 e. The van der Waals surface area contributed by atoms with E-state index in [-0.39, 0.29) is 12.3 Å². The lowest BCUT2D eigenvalue weighted by Gasteiger charge is -2.01. The van der Waals surface area contributed by atoms with Crippen molar-refractivity contribution in [1.29, 1.82) is 0 Å². The average molecular weight is 328 g/mol. The van der Waals surface area contributed by atoms with Gasteiger partial charge in [-0.05, 0) is 29.8 Å². The summed E-state index contributed by atoms with van der Waals surface area (Å²) in [5.74, 6) is -0.185. The van der Waals surface area contributed by atoms with E-state index < -0.39 is 0 Å². The lowest BCUT2D eigenvalue weighted by molar-refractivity contribution is -0.121. The zero-order valence-electron chi connectivity index (χ0n) is 12.2. The third kappa shape index (κ3) is 3.92. The van der Waals surface area contributed by atoms with Crippen LogP contribution in [0.5, 0.6) is 0 Å². The predicted molar refractivity (Wildman–Crippen MR) is 89.3 cm³/mol. The van der Waals surface area contributed by atoms with Crippen molar-refractivity contribution in [3.63, 3.8) is 0 Å². The number of fused-ring (bicyclic) bond motifs is 1. The van der Waals surface area contributed by atoms with Crippen LogP contribution in [0, 0.1) is 0 Å². The van der Waals surface area contributed by atoms with Crippen molar-refractivity contribution >= 4 is 34.8 Å². The number of carbonyl (C=O) groups is 1. The minimum absolute atomic E-state index is 0.185. The Morgan fingerprint density at radius 3 is 2.83 bits per heavy atom. The van der Waals surface area contributed by atoms with Crippen molar-refractivity contribution in [2.75, 3.05) is 0 Å². The molecule has 23 heavy (non-hydrogen) atoms. The fraction of sp³-hybridized carbons (Fsp3) is 0.125. The SMILES string of the molecule is O=C(CCn1nnc2ccccc21)N/N=C\c1ccc(Cl)cc1. The Morgan fingerprint density at radius 1 is 1.22 bits per heavy atom. The topological polar surface area (TPSA) is 72.2 Å². The first kappa shape index (κ1) is 15.2. The van der Waals surface area contributed by atoms with Gasteiger partial charge in [-0.1, -0.05) is 41.1 Å². The Balaban J connectivity index is 1.52. The highest BCUT2D eigenvalue weighted by Gasteiger charge is 2.05. The molecule has 7 heteroatoms. The maximum atomic E-state index is 11.8. The number of halogens is 1. The molecule has 2 aromatic carbocycles. The summed E-state index contributed by atoms with van der Waals surface area (Å²) in [5.41, 5.74) is 5.07. The summed E-state index contributed by atoms with van der Waals surface area (Å²) >= 11 is 5.80. The number of carbonyl (C=O) groups excluding carboxylic acids is 1. The first-order valence-electron chi connectivity index (χ1n) is 7.08. The van der Waals surface area contributed by atoms with Crippen LogP contribution in [-0.2, 0) is 11.3 Å². The van der Waals surface area contributed by atoms with Gasteiger partial charge in [0.2, 0.25) is 5.91 Å². The molecule has 0 bridgehead atoms. The van der Waals surface area contributed by atoms with Gasteiger partial charge in [0.05, 0.1) is 18.3 Å². The molecule has 1 aromatic heterocycles. The highest BCUT2D eigenvalue weighted by Crippen LogP contribution is 2.10. The fourth-order valence-electron chi connectivity index (χ4n) is 2.07. The van der Waals surface area contributed by atoms with E-state index in [0.29, 0.717) is 11.6 Å². The largest absolute Gasteiger partial charge is 0.273 e. The predicted octanol–water partition coefficient (Wildman–Crippen LogP) is 2.63. The Bertz CT molecular complexity index is 841. The van der Waals surface area contributed by atoms with Crippen LogP contribution in [0.1, 0.15) is 12.0 Å². The highest BCUT2D eigenvalue weighted by molar-refractivity contribution is 6.30. The number of para-hydroxylation sites is 1. The van der Waals surface area contributed by atoms with Gasteiger partial charge in [0.25, 0.3) is 0 Å². The third-order valence-corrected chi connectivity index (χ3v) is 3.50. The molecule has 0 saturated heterocycles. The van der Waals surface area contributed by atoms with Crippen LogP contribution in [0.2, 0.25) is 5.02 Å². The molecule has 0 unspecified atom stereocenters. The van der Waals surface area contributed by atoms with E-state index in [1.165, 1.54) is 0 Å². The van der Waals surface area contributed by atoms with E-state index in [1.807, 2.05) is 36.4 Å². The summed E-state index contributed by atoms with van der Waals surface area (Å²) < 4.78 is 1.71. The van der Waals surface area contributed by atoms with Crippen LogP contribution >= 0.6 is 11.6 Å². The van der Waals surface area contributed by atoms with E-state index in [1.54, 1.807) is 23.0 Å². The number of hydrogen-bond donors (Lipinski definition) is 1. The van der Waals surface area contributed by atoms with Gasteiger partial charge in [0.1, 0.15) is 5.52 Å². The van der Waals surface area contributed by atoms with Gasteiger partial charge >= 0.3 is 0 Å². The molecule has 0 spiro atoms. The highest BCUT2D eigenvalue weighted by atomic mass is 35.5. The fourth-order valence-corrected chi connectivity index (χ4v) is 2.20. The van der Waals surface area contributed by atoms with Gasteiger partial charge in [-0.3, -0.25) is 4.79 Å².